The number of fused-ring (bicyclic) bond motifs is 3. The molecule has 1 amide bonds. The Morgan fingerprint density at radius 1 is 1.04 bits per heavy atom. The summed E-state index contributed by atoms with van der Waals surface area (Å²) in [5, 5.41) is 13.2. The van der Waals surface area contributed by atoms with Crippen LogP contribution in [0.25, 0.3) is 16.6 Å². The topological polar surface area (TPSA) is 59.3 Å². The quantitative estimate of drug-likeness (QED) is 0.502. The van der Waals surface area contributed by atoms with E-state index in [1.54, 1.807) is 0 Å². The average Bonchev–Trinajstić information content (AvgIpc) is 3.07. The molecule has 1 atom stereocenters. The van der Waals surface area contributed by atoms with Crippen LogP contribution in [0.15, 0.2) is 53.7 Å². The summed E-state index contributed by atoms with van der Waals surface area (Å²) in [7, 11) is 0. The van der Waals surface area contributed by atoms with Crippen LogP contribution in [0.5, 0.6) is 0 Å². The molecule has 2 aromatic carbocycles. The normalized spacial score (nSPS) is 12.4. The summed E-state index contributed by atoms with van der Waals surface area (Å²) < 4.78 is 2.01. The number of hydrogen-bond donors (Lipinski definition) is 1. The van der Waals surface area contributed by atoms with Gasteiger partial charge < -0.3 is 5.32 Å². The number of nitrogens with zero attached hydrogens (tertiary/aromatic N) is 3. The number of thioether (sulfide) groups is 1. The Morgan fingerprint density at radius 2 is 1.75 bits per heavy atom. The zero-order valence-electron chi connectivity index (χ0n) is 16.4. The molecule has 2 heterocycles. The van der Waals surface area contributed by atoms with Gasteiger partial charge in [-0.05, 0) is 62.4 Å². The fourth-order valence-corrected chi connectivity index (χ4v) is 4.37. The molecule has 4 rings (SSSR count). The number of carbonyl (C=O) groups is 1. The van der Waals surface area contributed by atoms with Crippen LogP contribution in [0, 0.1) is 20.8 Å². The predicted octanol–water partition coefficient (Wildman–Crippen LogP) is 4.93. The van der Waals surface area contributed by atoms with E-state index in [2.05, 4.69) is 40.6 Å². The zero-order chi connectivity index (χ0) is 19.8. The van der Waals surface area contributed by atoms with Crippen LogP contribution in [-0.2, 0) is 4.79 Å². The van der Waals surface area contributed by atoms with Crippen molar-refractivity contribution in [3.8, 4) is 0 Å². The first-order chi connectivity index (χ1) is 13.4. The van der Waals surface area contributed by atoms with E-state index in [0.717, 1.165) is 33.4 Å². The standard InChI is InChI=1S/C22H22N4OS/c1-13-11-14(2)20(15(3)12-13)23-21(27)16(4)28-22-25-24-19-10-9-17-7-5-6-8-18(17)26(19)22/h5-12,16H,1-4H3,(H,23,27). The van der Waals surface area contributed by atoms with Crippen LogP contribution in [0.3, 0.4) is 0 Å². The van der Waals surface area contributed by atoms with Gasteiger partial charge in [-0.3, -0.25) is 9.20 Å². The summed E-state index contributed by atoms with van der Waals surface area (Å²) >= 11 is 1.41. The number of para-hydroxylation sites is 1. The Labute approximate surface area is 168 Å². The highest BCUT2D eigenvalue weighted by Crippen LogP contribution is 2.28. The summed E-state index contributed by atoms with van der Waals surface area (Å²) in [6, 6.07) is 16.2. The molecule has 6 heteroatoms. The van der Waals surface area contributed by atoms with Crippen LogP contribution in [-0.4, -0.2) is 25.8 Å². The molecule has 1 N–H and O–H groups in total. The van der Waals surface area contributed by atoms with Crippen LogP contribution < -0.4 is 5.32 Å². The van der Waals surface area contributed by atoms with E-state index in [4.69, 9.17) is 0 Å². The molecule has 0 aliphatic heterocycles. The molecular weight excluding hydrogens is 368 g/mol. The number of amides is 1. The van der Waals surface area contributed by atoms with E-state index < -0.39 is 0 Å². The van der Waals surface area contributed by atoms with E-state index in [9.17, 15) is 4.79 Å². The molecule has 0 spiro atoms. The number of pyridine rings is 1. The first-order valence-electron chi connectivity index (χ1n) is 9.22. The van der Waals surface area contributed by atoms with Gasteiger partial charge >= 0.3 is 0 Å². The summed E-state index contributed by atoms with van der Waals surface area (Å²) in [6.07, 6.45) is 0. The molecule has 1 unspecified atom stereocenters. The van der Waals surface area contributed by atoms with Gasteiger partial charge in [0.15, 0.2) is 10.8 Å². The van der Waals surface area contributed by atoms with Crippen molar-refractivity contribution in [2.75, 3.05) is 5.32 Å². The molecule has 0 radical (unpaired) electrons. The van der Waals surface area contributed by atoms with Gasteiger partial charge in [0.2, 0.25) is 5.91 Å². The van der Waals surface area contributed by atoms with Crippen molar-refractivity contribution in [3.05, 3.63) is 65.2 Å². The minimum absolute atomic E-state index is 0.0444. The highest BCUT2D eigenvalue weighted by atomic mass is 32.2. The number of benzene rings is 2. The van der Waals surface area contributed by atoms with Gasteiger partial charge in [0, 0.05) is 5.69 Å². The molecular formula is C22H22N4OS. The van der Waals surface area contributed by atoms with E-state index in [1.807, 2.05) is 55.5 Å². The van der Waals surface area contributed by atoms with Crippen molar-refractivity contribution in [2.45, 2.75) is 38.1 Å². The Kier molecular flexibility index (Phi) is 4.81. The third-order valence-corrected chi connectivity index (χ3v) is 5.87. The van der Waals surface area contributed by atoms with Gasteiger partial charge in [-0.15, -0.1) is 10.2 Å². The number of carbonyl (C=O) groups excluding carboxylic acids is 1. The van der Waals surface area contributed by atoms with Crippen molar-refractivity contribution in [1.29, 1.82) is 0 Å². The molecule has 0 saturated heterocycles. The molecule has 5 nitrogen and oxygen atoms in total. The fraction of sp³-hybridized carbons (Fsp3) is 0.227. The summed E-state index contributed by atoms with van der Waals surface area (Å²) in [5.74, 6) is -0.0444. The summed E-state index contributed by atoms with van der Waals surface area (Å²) in [5.41, 5.74) is 6.03. The lowest BCUT2D eigenvalue weighted by Gasteiger charge is -2.16. The number of nitrogens with one attached hydrogen (secondary N) is 1. The van der Waals surface area contributed by atoms with Gasteiger partial charge in [-0.1, -0.05) is 47.7 Å². The van der Waals surface area contributed by atoms with E-state index in [-0.39, 0.29) is 11.2 Å². The molecule has 0 fully saturated rings. The van der Waals surface area contributed by atoms with Gasteiger partial charge in [0.1, 0.15) is 0 Å². The number of aryl methyl sites for hydroxylation is 3. The van der Waals surface area contributed by atoms with Gasteiger partial charge in [0.05, 0.1) is 10.8 Å². The van der Waals surface area contributed by atoms with Gasteiger partial charge in [-0.25, -0.2) is 0 Å². The Hall–Kier alpha value is -2.86. The molecule has 2 aromatic heterocycles. The Bertz CT molecular complexity index is 1170. The monoisotopic (exact) mass is 390 g/mol. The van der Waals surface area contributed by atoms with Crippen LogP contribution in [0.4, 0.5) is 5.69 Å². The largest absolute Gasteiger partial charge is 0.325 e. The zero-order valence-corrected chi connectivity index (χ0v) is 17.2. The number of rotatable bonds is 4. The van der Waals surface area contributed by atoms with Crippen LogP contribution in [0.2, 0.25) is 0 Å². The van der Waals surface area contributed by atoms with Crippen molar-refractivity contribution in [1.82, 2.24) is 14.6 Å². The maximum atomic E-state index is 12.8. The number of hydrogen-bond acceptors (Lipinski definition) is 4. The maximum absolute atomic E-state index is 12.8. The molecule has 0 bridgehead atoms. The van der Waals surface area contributed by atoms with Crippen LogP contribution in [0.1, 0.15) is 23.6 Å². The first kappa shape index (κ1) is 18.5. The second-order valence-electron chi connectivity index (χ2n) is 7.09. The fourth-order valence-electron chi connectivity index (χ4n) is 3.50. The molecule has 4 aromatic rings. The second kappa shape index (κ2) is 7.28. The van der Waals surface area contributed by atoms with E-state index >= 15 is 0 Å². The lowest BCUT2D eigenvalue weighted by atomic mass is 10.1. The van der Waals surface area contributed by atoms with E-state index in [0.29, 0.717) is 5.16 Å². The second-order valence-corrected chi connectivity index (χ2v) is 8.40. The van der Waals surface area contributed by atoms with Crippen LogP contribution >= 0.6 is 11.8 Å². The number of aromatic nitrogens is 3. The van der Waals surface area contributed by atoms with Crippen molar-refractivity contribution in [2.24, 2.45) is 0 Å². The highest BCUT2D eigenvalue weighted by Gasteiger charge is 2.20. The first-order valence-corrected chi connectivity index (χ1v) is 10.1. The van der Waals surface area contributed by atoms with Gasteiger partial charge in [0.25, 0.3) is 0 Å². The average molecular weight is 391 g/mol. The highest BCUT2D eigenvalue weighted by molar-refractivity contribution is 8.00. The third kappa shape index (κ3) is 3.36. The molecule has 0 aliphatic carbocycles. The lowest BCUT2D eigenvalue weighted by molar-refractivity contribution is -0.115. The SMILES string of the molecule is Cc1cc(C)c(NC(=O)C(C)Sc2nnc3ccc4ccccc4n23)c(C)c1. The van der Waals surface area contributed by atoms with Crippen molar-refractivity contribution >= 4 is 39.9 Å². The molecule has 28 heavy (non-hydrogen) atoms. The molecule has 0 aliphatic rings. The number of anilines is 1. The summed E-state index contributed by atoms with van der Waals surface area (Å²) in [4.78, 5) is 12.8. The van der Waals surface area contributed by atoms with Crippen molar-refractivity contribution in [3.63, 3.8) is 0 Å². The molecule has 0 saturated carbocycles. The lowest BCUT2D eigenvalue weighted by Crippen LogP contribution is -2.23. The predicted molar refractivity (Wildman–Crippen MR) is 115 cm³/mol. The third-order valence-electron chi connectivity index (χ3n) is 4.82. The maximum Gasteiger partial charge on any atom is 0.237 e. The summed E-state index contributed by atoms with van der Waals surface area (Å²) in [6.45, 7) is 7.99. The van der Waals surface area contributed by atoms with E-state index in [1.165, 1.54) is 17.3 Å². The molecule has 142 valence electrons. The van der Waals surface area contributed by atoms with Crippen molar-refractivity contribution < 1.29 is 4.79 Å². The smallest absolute Gasteiger partial charge is 0.237 e. The Morgan fingerprint density at radius 3 is 2.50 bits per heavy atom. The Balaban J connectivity index is 1.61. The van der Waals surface area contributed by atoms with Gasteiger partial charge in [-0.2, -0.15) is 0 Å². The minimum atomic E-state index is -0.313. The minimum Gasteiger partial charge on any atom is -0.325 e.